The van der Waals surface area contributed by atoms with Crippen LogP contribution in [0.5, 0.6) is 5.75 Å². The van der Waals surface area contributed by atoms with Crippen LogP contribution in [0.2, 0.25) is 0 Å². The van der Waals surface area contributed by atoms with Crippen LogP contribution in [0.25, 0.3) is 0 Å². The molecule has 7 nitrogen and oxygen atoms in total. The molecule has 128 valence electrons. The van der Waals surface area contributed by atoms with Crippen LogP contribution in [0.3, 0.4) is 0 Å². The van der Waals surface area contributed by atoms with Gasteiger partial charge in [-0.15, -0.1) is 12.4 Å². The number of benzene rings is 1. The second kappa shape index (κ2) is 9.34. The first-order valence-electron chi connectivity index (χ1n) is 7.15. The molecule has 1 aliphatic rings. The Kier molecular flexibility index (Phi) is 7.80. The maximum absolute atomic E-state index is 12.1. The molecular weight excluding hydrogens is 322 g/mol. The largest absolute Gasteiger partial charge is 0.495 e. The summed E-state index contributed by atoms with van der Waals surface area (Å²) < 4.78 is 10.6. The summed E-state index contributed by atoms with van der Waals surface area (Å²) in [5.74, 6) is 0.225. The van der Waals surface area contributed by atoms with Crippen molar-refractivity contribution in [2.24, 2.45) is 0 Å². The van der Waals surface area contributed by atoms with Crippen LogP contribution < -0.4 is 20.7 Å². The van der Waals surface area contributed by atoms with Gasteiger partial charge in [-0.3, -0.25) is 9.59 Å². The lowest BCUT2D eigenvalue weighted by atomic mass is 10.2. The van der Waals surface area contributed by atoms with Gasteiger partial charge in [0.1, 0.15) is 5.75 Å². The van der Waals surface area contributed by atoms with Crippen molar-refractivity contribution in [3.63, 3.8) is 0 Å². The standard InChI is InChI=1S/C15H21N3O4.ClH/c1-10(19)17-11-3-4-14(21-2)13(7-11)18-15(20)8-12-9-22-6-5-16-12;/h3-4,7,12,16H,5-6,8-9H2,1-2H3,(H,17,19)(H,18,20);1H. The average molecular weight is 344 g/mol. The molecule has 3 N–H and O–H groups in total. The van der Waals surface area contributed by atoms with Gasteiger partial charge in [0.25, 0.3) is 0 Å². The summed E-state index contributed by atoms with van der Waals surface area (Å²) in [6, 6.07) is 5.09. The van der Waals surface area contributed by atoms with E-state index in [9.17, 15) is 9.59 Å². The van der Waals surface area contributed by atoms with Gasteiger partial charge in [0.15, 0.2) is 0 Å². The molecule has 0 aromatic heterocycles. The molecule has 0 spiro atoms. The van der Waals surface area contributed by atoms with Gasteiger partial charge in [-0.25, -0.2) is 0 Å². The van der Waals surface area contributed by atoms with Crippen molar-refractivity contribution in [1.82, 2.24) is 5.32 Å². The van der Waals surface area contributed by atoms with Crippen LogP contribution in [-0.4, -0.2) is 44.7 Å². The van der Waals surface area contributed by atoms with Gasteiger partial charge >= 0.3 is 0 Å². The summed E-state index contributed by atoms with van der Waals surface area (Å²) in [6.45, 7) is 3.37. The molecule has 1 fully saturated rings. The summed E-state index contributed by atoms with van der Waals surface area (Å²) in [4.78, 5) is 23.2. The molecule has 1 aromatic carbocycles. The number of carbonyl (C=O) groups is 2. The minimum Gasteiger partial charge on any atom is -0.495 e. The second-order valence-electron chi connectivity index (χ2n) is 5.07. The highest BCUT2D eigenvalue weighted by atomic mass is 35.5. The Morgan fingerprint density at radius 3 is 2.78 bits per heavy atom. The third-order valence-corrected chi connectivity index (χ3v) is 3.22. The number of ether oxygens (including phenoxy) is 2. The molecule has 1 heterocycles. The number of nitrogens with one attached hydrogen (secondary N) is 3. The lowest BCUT2D eigenvalue weighted by Crippen LogP contribution is -2.43. The quantitative estimate of drug-likeness (QED) is 0.752. The molecule has 2 amide bonds. The van der Waals surface area contributed by atoms with Crippen LogP contribution in [-0.2, 0) is 14.3 Å². The van der Waals surface area contributed by atoms with E-state index in [0.717, 1.165) is 6.54 Å². The molecule has 1 atom stereocenters. The van der Waals surface area contributed by atoms with Crippen LogP contribution >= 0.6 is 12.4 Å². The lowest BCUT2D eigenvalue weighted by Gasteiger charge is -2.23. The number of methoxy groups -OCH3 is 1. The van der Waals surface area contributed by atoms with Crippen LogP contribution in [0.4, 0.5) is 11.4 Å². The maximum atomic E-state index is 12.1. The fraction of sp³-hybridized carbons (Fsp3) is 0.467. The van der Waals surface area contributed by atoms with E-state index in [4.69, 9.17) is 9.47 Å². The number of carbonyl (C=O) groups excluding carboxylic acids is 2. The molecule has 0 saturated carbocycles. The van der Waals surface area contributed by atoms with Crippen molar-refractivity contribution >= 4 is 35.6 Å². The Balaban J connectivity index is 0.00000264. The molecule has 0 bridgehead atoms. The van der Waals surface area contributed by atoms with E-state index in [1.165, 1.54) is 14.0 Å². The first-order chi connectivity index (χ1) is 10.6. The number of halogens is 1. The molecule has 8 heteroatoms. The molecule has 0 aliphatic carbocycles. The van der Waals surface area contributed by atoms with E-state index in [-0.39, 0.29) is 30.3 Å². The molecule has 1 saturated heterocycles. The van der Waals surface area contributed by atoms with Gasteiger partial charge in [-0.2, -0.15) is 0 Å². The number of amides is 2. The Hall–Kier alpha value is -1.83. The summed E-state index contributed by atoms with van der Waals surface area (Å²) in [6.07, 6.45) is 0.313. The topological polar surface area (TPSA) is 88.7 Å². The fourth-order valence-electron chi connectivity index (χ4n) is 2.26. The molecule has 0 radical (unpaired) electrons. The number of hydrogen-bond donors (Lipinski definition) is 3. The van der Waals surface area contributed by atoms with E-state index in [0.29, 0.717) is 36.8 Å². The maximum Gasteiger partial charge on any atom is 0.226 e. The second-order valence-corrected chi connectivity index (χ2v) is 5.07. The zero-order valence-corrected chi connectivity index (χ0v) is 14.0. The Bertz CT molecular complexity index is 548. The average Bonchev–Trinajstić information content (AvgIpc) is 2.48. The van der Waals surface area contributed by atoms with Gasteiger partial charge in [0, 0.05) is 31.6 Å². The third-order valence-electron chi connectivity index (χ3n) is 3.22. The molecule has 1 aliphatic heterocycles. The van der Waals surface area contributed by atoms with Crippen LogP contribution in [0, 0.1) is 0 Å². The third kappa shape index (κ3) is 6.05. The van der Waals surface area contributed by atoms with Gasteiger partial charge in [0.05, 0.1) is 26.0 Å². The highest BCUT2D eigenvalue weighted by Gasteiger charge is 2.18. The van der Waals surface area contributed by atoms with Crippen molar-refractivity contribution in [3.8, 4) is 5.75 Å². The Labute approximate surface area is 141 Å². The van der Waals surface area contributed by atoms with Gasteiger partial charge in [-0.1, -0.05) is 0 Å². The van der Waals surface area contributed by atoms with E-state index in [1.54, 1.807) is 18.2 Å². The zero-order chi connectivity index (χ0) is 15.9. The first kappa shape index (κ1) is 19.2. The number of morpholine rings is 1. The van der Waals surface area contributed by atoms with Crippen LogP contribution in [0.15, 0.2) is 18.2 Å². The molecule has 23 heavy (non-hydrogen) atoms. The SMILES string of the molecule is COc1ccc(NC(C)=O)cc1NC(=O)CC1COCCN1.Cl. The summed E-state index contributed by atoms with van der Waals surface area (Å²) in [7, 11) is 1.53. The molecule has 1 aromatic rings. The van der Waals surface area contributed by atoms with Gasteiger partial charge in [0.2, 0.25) is 11.8 Å². The summed E-state index contributed by atoms with van der Waals surface area (Å²) in [5.41, 5.74) is 1.12. The lowest BCUT2D eigenvalue weighted by molar-refractivity contribution is -0.117. The van der Waals surface area contributed by atoms with Gasteiger partial charge in [-0.05, 0) is 18.2 Å². The predicted octanol–water partition coefficient (Wildman–Crippen LogP) is 1.39. The smallest absolute Gasteiger partial charge is 0.226 e. The minimum atomic E-state index is -0.175. The molecule has 1 unspecified atom stereocenters. The van der Waals surface area contributed by atoms with Gasteiger partial charge < -0.3 is 25.4 Å². The van der Waals surface area contributed by atoms with E-state index in [1.807, 2.05) is 0 Å². The van der Waals surface area contributed by atoms with Crippen LogP contribution in [0.1, 0.15) is 13.3 Å². The highest BCUT2D eigenvalue weighted by Crippen LogP contribution is 2.28. The Morgan fingerprint density at radius 2 is 2.17 bits per heavy atom. The van der Waals surface area contributed by atoms with Crippen molar-refractivity contribution in [1.29, 1.82) is 0 Å². The Morgan fingerprint density at radius 1 is 1.39 bits per heavy atom. The predicted molar refractivity (Wildman–Crippen MR) is 90.4 cm³/mol. The van der Waals surface area contributed by atoms with E-state index < -0.39 is 0 Å². The molecular formula is C15H22ClN3O4. The van der Waals surface area contributed by atoms with Crippen molar-refractivity contribution in [2.75, 3.05) is 37.5 Å². The number of rotatable bonds is 5. The van der Waals surface area contributed by atoms with E-state index in [2.05, 4.69) is 16.0 Å². The number of anilines is 2. The van der Waals surface area contributed by atoms with Crippen molar-refractivity contribution in [2.45, 2.75) is 19.4 Å². The number of hydrogen-bond acceptors (Lipinski definition) is 5. The normalized spacial score (nSPS) is 16.9. The van der Waals surface area contributed by atoms with Crippen molar-refractivity contribution < 1.29 is 19.1 Å². The highest BCUT2D eigenvalue weighted by molar-refractivity contribution is 5.95. The summed E-state index contributed by atoms with van der Waals surface area (Å²) in [5, 5.41) is 8.71. The van der Waals surface area contributed by atoms with Crippen molar-refractivity contribution in [3.05, 3.63) is 18.2 Å². The molecule has 2 rings (SSSR count). The minimum absolute atomic E-state index is 0. The zero-order valence-electron chi connectivity index (χ0n) is 13.2. The monoisotopic (exact) mass is 343 g/mol. The fourth-order valence-corrected chi connectivity index (χ4v) is 2.26. The first-order valence-corrected chi connectivity index (χ1v) is 7.15. The van der Waals surface area contributed by atoms with E-state index >= 15 is 0 Å². The summed E-state index contributed by atoms with van der Waals surface area (Å²) >= 11 is 0.